The van der Waals surface area contributed by atoms with E-state index >= 15 is 0 Å². The van der Waals surface area contributed by atoms with Gasteiger partial charge in [0.25, 0.3) is 0 Å². The van der Waals surface area contributed by atoms with E-state index in [1.54, 1.807) is 13.8 Å². The quantitative estimate of drug-likeness (QED) is 0.777. The summed E-state index contributed by atoms with van der Waals surface area (Å²) in [6.07, 6.45) is 0.744. The van der Waals surface area contributed by atoms with Crippen molar-refractivity contribution in [3.8, 4) is 0 Å². The lowest BCUT2D eigenvalue weighted by molar-refractivity contribution is -0.167. The number of rotatable bonds is 5. The van der Waals surface area contributed by atoms with E-state index in [1.165, 1.54) is 0 Å². The Bertz CT molecular complexity index is 328. The summed E-state index contributed by atoms with van der Waals surface area (Å²) in [6, 6.07) is 9.43. The van der Waals surface area contributed by atoms with Gasteiger partial charge in [0, 0.05) is 0 Å². The van der Waals surface area contributed by atoms with Crippen LogP contribution in [0.25, 0.3) is 0 Å². The predicted octanol–water partition coefficient (Wildman–Crippen LogP) is 2.28. The third kappa shape index (κ3) is 3.07. The highest BCUT2D eigenvalue weighted by Crippen LogP contribution is 2.17. The molecule has 3 heteroatoms. The highest BCUT2D eigenvalue weighted by atomic mass is 16.5. The molecule has 0 bridgehead atoms. The number of hydrogen-bond acceptors (Lipinski definition) is 3. The second-order valence-electron chi connectivity index (χ2n) is 3.80. The fourth-order valence-electron chi connectivity index (χ4n) is 1.40. The average molecular weight is 222 g/mol. The van der Waals surface area contributed by atoms with Crippen molar-refractivity contribution in [3.63, 3.8) is 0 Å². The first-order valence-corrected chi connectivity index (χ1v) is 5.56. The zero-order chi connectivity index (χ0) is 12.0. The Morgan fingerprint density at radius 2 is 1.81 bits per heavy atom. The van der Waals surface area contributed by atoms with Crippen molar-refractivity contribution in [2.24, 2.45) is 0 Å². The molecule has 1 aromatic carbocycles. The van der Waals surface area contributed by atoms with E-state index in [1.807, 2.05) is 30.3 Å². The van der Waals surface area contributed by atoms with E-state index in [9.17, 15) is 9.90 Å². The first-order chi connectivity index (χ1) is 7.62. The smallest absolute Gasteiger partial charge is 0.338 e. The van der Waals surface area contributed by atoms with Crippen LogP contribution in [0.3, 0.4) is 0 Å². The van der Waals surface area contributed by atoms with Gasteiger partial charge >= 0.3 is 5.97 Å². The Kier molecular flexibility index (Phi) is 4.50. The third-order valence-corrected chi connectivity index (χ3v) is 2.76. The molecule has 0 aliphatic heterocycles. The standard InChI is InChI=1S/C13H18O3/c1-3-13(15,4-2)12(14)16-10-11-8-6-5-7-9-11/h5-9,15H,3-4,10H2,1-2H3. The Morgan fingerprint density at radius 3 is 2.31 bits per heavy atom. The normalized spacial score (nSPS) is 11.2. The average Bonchev–Trinajstić information content (AvgIpc) is 2.36. The molecular weight excluding hydrogens is 204 g/mol. The van der Waals surface area contributed by atoms with Crippen molar-refractivity contribution < 1.29 is 14.6 Å². The van der Waals surface area contributed by atoms with Gasteiger partial charge in [-0.15, -0.1) is 0 Å². The summed E-state index contributed by atoms with van der Waals surface area (Å²) in [5.41, 5.74) is -0.417. The predicted molar refractivity (Wildman–Crippen MR) is 61.8 cm³/mol. The number of benzene rings is 1. The molecule has 0 saturated heterocycles. The molecule has 0 heterocycles. The molecule has 0 unspecified atom stereocenters. The second-order valence-corrected chi connectivity index (χ2v) is 3.80. The number of esters is 1. The van der Waals surface area contributed by atoms with Crippen LogP contribution in [0.2, 0.25) is 0 Å². The van der Waals surface area contributed by atoms with Crippen molar-refractivity contribution in [3.05, 3.63) is 35.9 Å². The lowest BCUT2D eigenvalue weighted by Crippen LogP contribution is -2.38. The van der Waals surface area contributed by atoms with Crippen molar-refractivity contribution >= 4 is 5.97 Å². The molecule has 3 nitrogen and oxygen atoms in total. The summed E-state index contributed by atoms with van der Waals surface area (Å²) >= 11 is 0. The zero-order valence-electron chi connectivity index (χ0n) is 9.77. The number of ether oxygens (including phenoxy) is 1. The largest absolute Gasteiger partial charge is 0.459 e. The summed E-state index contributed by atoms with van der Waals surface area (Å²) in [5, 5.41) is 9.90. The van der Waals surface area contributed by atoms with E-state index in [0.29, 0.717) is 12.8 Å². The molecule has 0 aliphatic rings. The van der Waals surface area contributed by atoms with E-state index in [2.05, 4.69) is 0 Å². The van der Waals surface area contributed by atoms with Gasteiger partial charge < -0.3 is 9.84 Å². The zero-order valence-corrected chi connectivity index (χ0v) is 9.77. The van der Waals surface area contributed by atoms with Gasteiger partial charge in [0.2, 0.25) is 0 Å². The van der Waals surface area contributed by atoms with Crippen molar-refractivity contribution in [2.75, 3.05) is 0 Å². The van der Waals surface area contributed by atoms with Crippen molar-refractivity contribution in [2.45, 2.75) is 38.9 Å². The minimum atomic E-state index is -1.34. The minimum absolute atomic E-state index is 0.210. The van der Waals surface area contributed by atoms with Crippen LogP contribution in [0.1, 0.15) is 32.3 Å². The summed E-state index contributed by atoms with van der Waals surface area (Å²) < 4.78 is 5.09. The van der Waals surface area contributed by atoms with Crippen molar-refractivity contribution in [1.82, 2.24) is 0 Å². The molecule has 0 atom stereocenters. The molecule has 1 rings (SSSR count). The Labute approximate surface area is 96.1 Å². The molecule has 0 amide bonds. The van der Waals surface area contributed by atoms with Gasteiger partial charge in [-0.05, 0) is 18.4 Å². The number of carbonyl (C=O) groups excluding carboxylic acids is 1. The van der Waals surface area contributed by atoms with E-state index in [-0.39, 0.29) is 6.61 Å². The van der Waals surface area contributed by atoms with Crippen LogP contribution in [-0.4, -0.2) is 16.7 Å². The Hall–Kier alpha value is -1.35. The Morgan fingerprint density at radius 1 is 1.25 bits per heavy atom. The fraction of sp³-hybridized carbons (Fsp3) is 0.462. The lowest BCUT2D eigenvalue weighted by atomic mass is 9.98. The molecule has 0 saturated carbocycles. The third-order valence-electron chi connectivity index (χ3n) is 2.76. The van der Waals surface area contributed by atoms with Gasteiger partial charge in [-0.3, -0.25) is 0 Å². The number of aliphatic hydroxyl groups is 1. The number of carbonyl (C=O) groups is 1. The van der Waals surface area contributed by atoms with E-state index in [0.717, 1.165) is 5.56 Å². The molecule has 0 aromatic heterocycles. The molecule has 0 fully saturated rings. The topological polar surface area (TPSA) is 46.5 Å². The van der Waals surface area contributed by atoms with Crippen LogP contribution >= 0.6 is 0 Å². The highest BCUT2D eigenvalue weighted by Gasteiger charge is 2.33. The monoisotopic (exact) mass is 222 g/mol. The summed E-state index contributed by atoms with van der Waals surface area (Å²) in [5.74, 6) is -0.540. The number of hydrogen-bond donors (Lipinski definition) is 1. The van der Waals surface area contributed by atoms with Gasteiger partial charge in [0.05, 0.1) is 0 Å². The maximum Gasteiger partial charge on any atom is 0.338 e. The van der Waals surface area contributed by atoms with Gasteiger partial charge in [0.1, 0.15) is 6.61 Å². The molecule has 88 valence electrons. The Balaban J connectivity index is 2.53. The van der Waals surface area contributed by atoms with Crippen LogP contribution in [0, 0.1) is 0 Å². The fourth-order valence-corrected chi connectivity index (χ4v) is 1.40. The minimum Gasteiger partial charge on any atom is -0.459 e. The van der Waals surface area contributed by atoms with Gasteiger partial charge in [-0.1, -0.05) is 44.2 Å². The maximum absolute atomic E-state index is 11.6. The summed E-state index contributed by atoms with van der Waals surface area (Å²) in [4.78, 5) is 11.6. The van der Waals surface area contributed by atoms with Crippen LogP contribution in [0.4, 0.5) is 0 Å². The first-order valence-electron chi connectivity index (χ1n) is 5.56. The maximum atomic E-state index is 11.6. The molecule has 0 spiro atoms. The van der Waals surface area contributed by atoms with Gasteiger partial charge in [0.15, 0.2) is 5.60 Å². The van der Waals surface area contributed by atoms with Crippen LogP contribution < -0.4 is 0 Å². The van der Waals surface area contributed by atoms with Crippen LogP contribution in [0.15, 0.2) is 30.3 Å². The second kappa shape index (κ2) is 5.66. The van der Waals surface area contributed by atoms with E-state index < -0.39 is 11.6 Å². The van der Waals surface area contributed by atoms with Crippen LogP contribution in [-0.2, 0) is 16.1 Å². The van der Waals surface area contributed by atoms with Gasteiger partial charge in [-0.2, -0.15) is 0 Å². The highest BCUT2D eigenvalue weighted by molar-refractivity contribution is 5.79. The molecule has 0 radical (unpaired) electrons. The SMILES string of the molecule is CCC(O)(CC)C(=O)OCc1ccccc1. The molecule has 1 N–H and O–H groups in total. The first kappa shape index (κ1) is 12.7. The van der Waals surface area contributed by atoms with Crippen molar-refractivity contribution in [1.29, 1.82) is 0 Å². The molecule has 1 aromatic rings. The molecule has 0 aliphatic carbocycles. The van der Waals surface area contributed by atoms with Gasteiger partial charge in [-0.25, -0.2) is 4.79 Å². The van der Waals surface area contributed by atoms with Crippen LogP contribution in [0.5, 0.6) is 0 Å². The molecule has 16 heavy (non-hydrogen) atoms. The van der Waals surface area contributed by atoms with E-state index in [4.69, 9.17) is 4.74 Å². The summed E-state index contributed by atoms with van der Waals surface area (Å²) in [6.45, 7) is 3.75. The molecular formula is C13H18O3. The lowest BCUT2D eigenvalue weighted by Gasteiger charge is -2.22. The summed E-state index contributed by atoms with van der Waals surface area (Å²) in [7, 11) is 0.